The van der Waals surface area contributed by atoms with Crippen molar-refractivity contribution in [2.24, 2.45) is 0 Å². The first-order chi connectivity index (χ1) is 6.91. The SMILES string of the molecule is Cc1nc(NS(C)=O)nc(C)c1C(C)C. The Labute approximate surface area is 93.1 Å². The van der Waals surface area contributed by atoms with Crippen molar-refractivity contribution in [3.63, 3.8) is 0 Å². The van der Waals surface area contributed by atoms with Crippen LogP contribution in [-0.2, 0) is 11.0 Å². The molecule has 1 N–H and O–H groups in total. The van der Waals surface area contributed by atoms with Crippen LogP contribution in [0.5, 0.6) is 0 Å². The third-order valence-corrected chi connectivity index (χ3v) is 2.61. The fraction of sp³-hybridized carbons (Fsp3) is 0.600. The van der Waals surface area contributed by atoms with Crippen LogP contribution in [0.3, 0.4) is 0 Å². The minimum atomic E-state index is -1.13. The second-order valence-electron chi connectivity index (χ2n) is 3.84. The summed E-state index contributed by atoms with van der Waals surface area (Å²) >= 11 is 0. The van der Waals surface area contributed by atoms with Crippen molar-refractivity contribution in [2.45, 2.75) is 33.6 Å². The molecule has 0 radical (unpaired) electrons. The fourth-order valence-electron chi connectivity index (χ4n) is 1.73. The number of aromatic nitrogens is 2. The lowest BCUT2D eigenvalue weighted by molar-refractivity contribution is 0.689. The summed E-state index contributed by atoms with van der Waals surface area (Å²) in [5.74, 6) is 0.849. The number of rotatable bonds is 3. The largest absolute Gasteiger partial charge is 0.273 e. The predicted octanol–water partition coefficient (Wildman–Crippen LogP) is 1.92. The van der Waals surface area contributed by atoms with E-state index in [1.54, 1.807) is 6.26 Å². The zero-order chi connectivity index (χ0) is 11.6. The Kier molecular flexibility index (Phi) is 3.79. The van der Waals surface area contributed by atoms with E-state index in [-0.39, 0.29) is 0 Å². The van der Waals surface area contributed by atoms with Crippen LogP contribution >= 0.6 is 0 Å². The number of anilines is 1. The van der Waals surface area contributed by atoms with Crippen LogP contribution in [0.4, 0.5) is 5.95 Å². The predicted molar refractivity (Wildman–Crippen MR) is 63.3 cm³/mol. The molecule has 0 aliphatic rings. The van der Waals surface area contributed by atoms with Crippen molar-refractivity contribution in [1.29, 1.82) is 0 Å². The van der Waals surface area contributed by atoms with Crippen molar-refractivity contribution in [3.05, 3.63) is 17.0 Å². The third-order valence-electron chi connectivity index (χ3n) is 2.14. The van der Waals surface area contributed by atoms with Gasteiger partial charge in [0, 0.05) is 17.6 Å². The summed E-state index contributed by atoms with van der Waals surface area (Å²) in [4.78, 5) is 8.56. The van der Waals surface area contributed by atoms with Gasteiger partial charge in [-0.2, -0.15) is 0 Å². The molecule has 5 heteroatoms. The standard InChI is InChI=1S/C10H17N3OS/c1-6(2)9-7(3)11-10(12-8(9)4)13-15(5)14/h6H,1-5H3,(H,11,12,13). The molecule has 0 aliphatic carbocycles. The zero-order valence-corrected chi connectivity index (χ0v) is 10.6. The van der Waals surface area contributed by atoms with Crippen molar-refractivity contribution >= 4 is 16.9 Å². The van der Waals surface area contributed by atoms with Crippen LogP contribution in [0.1, 0.15) is 36.7 Å². The van der Waals surface area contributed by atoms with E-state index in [0.717, 1.165) is 11.4 Å². The van der Waals surface area contributed by atoms with Crippen molar-refractivity contribution in [2.75, 3.05) is 11.0 Å². The molecule has 1 aromatic rings. The number of hydrogen-bond acceptors (Lipinski definition) is 3. The summed E-state index contributed by atoms with van der Waals surface area (Å²) in [7, 11) is -1.13. The second-order valence-corrected chi connectivity index (χ2v) is 4.95. The number of hydrogen-bond donors (Lipinski definition) is 1. The Morgan fingerprint density at radius 1 is 1.20 bits per heavy atom. The second kappa shape index (κ2) is 4.70. The smallest absolute Gasteiger partial charge is 0.235 e. The van der Waals surface area contributed by atoms with E-state index in [9.17, 15) is 4.21 Å². The van der Waals surface area contributed by atoms with Gasteiger partial charge in [-0.25, -0.2) is 14.2 Å². The quantitative estimate of drug-likeness (QED) is 0.858. The van der Waals surface area contributed by atoms with E-state index < -0.39 is 11.0 Å². The van der Waals surface area contributed by atoms with E-state index >= 15 is 0 Å². The minimum absolute atomic E-state index is 0.408. The van der Waals surface area contributed by atoms with E-state index in [0.29, 0.717) is 11.9 Å². The summed E-state index contributed by atoms with van der Waals surface area (Å²) in [6.07, 6.45) is 1.56. The first kappa shape index (κ1) is 12.1. The molecule has 0 bridgehead atoms. The van der Waals surface area contributed by atoms with Crippen LogP contribution in [0.2, 0.25) is 0 Å². The number of aryl methyl sites for hydroxylation is 2. The molecule has 1 rings (SSSR count). The van der Waals surface area contributed by atoms with E-state index in [4.69, 9.17) is 0 Å². The lowest BCUT2D eigenvalue weighted by Crippen LogP contribution is -2.10. The van der Waals surface area contributed by atoms with E-state index in [2.05, 4.69) is 28.5 Å². The van der Waals surface area contributed by atoms with Gasteiger partial charge in [-0.3, -0.25) is 4.72 Å². The van der Waals surface area contributed by atoms with Gasteiger partial charge < -0.3 is 0 Å². The molecular weight excluding hydrogens is 210 g/mol. The Morgan fingerprint density at radius 3 is 2.00 bits per heavy atom. The molecule has 1 atom stereocenters. The summed E-state index contributed by atoms with van der Waals surface area (Å²) in [6.45, 7) is 8.13. The van der Waals surface area contributed by atoms with Gasteiger partial charge in [0.25, 0.3) is 0 Å². The normalized spacial score (nSPS) is 12.9. The molecule has 1 unspecified atom stereocenters. The highest BCUT2D eigenvalue weighted by Gasteiger charge is 2.11. The average Bonchev–Trinajstić information content (AvgIpc) is 1.99. The molecule has 0 saturated carbocycles. The third kappa shape index (κ3) is 2.99. The molecule has 4 nitrogen and oxygen atoms in total. The van der Waals surface area contributed by atoms with Crippen molar-refractivity contribution in [1.82, 2.24) is 9.97 Å². The van der Waals surface area contributed by atoms with Gasteiger partial charge in [-0.05, 0) is 25.3 Å². The highest BCUT2D eigenvalue weighted by molar-refractivity contribution is 7.85. The first-order valence-corrected chi connectivity index (χ1v) is 6.42. The Morgan fingerprint density at radius 2 is 1.67 bits per heavy atom. The molecule has 0 saturated heterocycles. The van der Waals surface area contributed by atoms with Gasteiger partial charge in [0.15, 0.2) is 0 Å². The summed E-state index contributed by atoms with van der Waals surface area (Å²) in [6, 6.07) is 0. The maximum Gasteiger partial charge on any atom is 0.235 e. The molecule has 1 aromatic heterocycles. The topological polar surface area (TPSA) is 54.9 Å². The van der Waals surface area contributed by atoms with Gasteiger partial charge in [-0.15, -0.1) is 0 Å². The van der Waals surface area contributed by atoms with Crippen LogP contribution in [0, 0.1) is 13.8 Å². The molecule has 0 aromatic carbocycles. The fourth-order valence-corrected chi connectivity index (χ4v) is 2.08. The van der Waals surface area contributed by atoms with Crippen LogP contribution in [0.15, 0.2) is 0 Å². The molecular formula is C10H17N3OS. The lowest BCUT2D eigenvalue weighted by atomic mass is 10.0. The first-order valence-electron chi connectivity index (χ1n) is 4.87. The monoisotopic (exact) mass is 227 g/mol. The molecule has 15 heavy (non-hydrogen) atoms. The Bertz CT molecular complexity index is 367. The summed E-state index contributed by atoms with van der Waals surface area (Å²) < 4.78 is 13.7. The van der Waals surface area contributed by atoms with Crippen molar-refractivity contribution in [3.8, 4) is 0 Å². The molecule has 1 heterocycles. The van der Waals surface area contributed by atoms with Gasteiger partial charge >= 0.3 is 0 Å². The van der Waals surface area contributed by atoms with Gasteiger partial charge in [0.2, 0.25) is 5.95 Å². The van der Waals surface area contributed by atoms with Crippen molar-refractivity contribution < 1.29 is 4.21 Å². The highest BCUT2D eigenvalue weighted by atomic mass is 32.2. The van der Waals surface area contributed by atoms with Gasteiger partial charge in [0.05, 0.1) is 0 Å². The maximum absolute atomic E-state index is 11.0. The van der Waals surface area contributed by atoms with Gasteiger partial charge in [0.1, 0.15) is 11.0 Å². The molecule has 0 amide bonds. The number of nitrogens with zero attached hydrogens (tertiary/aromatic N) is 2. The summed E-state index contributed by atoms with van der Waals surface area (Å²) in [5, 5.41) is 0. The molecule has 0 fully saturated rings. The minimum Gasteiger partial charge on any atom is -0.273 e. The van der Waals surface area contributed by atoms with E-state index in [1.165, 1.54) is 5.56 Å². The highest BCUT2D eigenvalue weighted by Crippen LogP contribution is 2.21. The van der Waals surface area contributed by atoms with Crippen LogP contribution in [0.25, 0.3) is 0 Å². The maximum atomic E-state index is 11.0. The molecule has 0 spiro atoms. The Hall–Kier alpha value is -0.970. The molecule has 0 aliphatic heterocycles. The Balaban J connectivity index is 3.13. The average molecular weight is 227 g/mol. The van der Waals surface area contributed by atoms with E-state index in [1.807, 2.05) is 13.8 Å². The molecule has 84 valence electrons. The lowest BCUT2D eigenvalue weighted by Gasteiger charge is -2.13. The zero-order valence-electron chi connectivity index (χ0n) is 9.79. The van der Waals surface area contributed by atoms with Gasteiger partial charge in [-0.1, -0.05) is 13.8 Å². The van der Waals surface area contributed by atoms with Crippen LogP contribution < -0.4 is 4.72 Å². The summed E-state index contributed by atoms with van der Waals surface area (Å²) in [5.41, 5.74) is 3.07. The van der Waals surface area contributed by atoms with Crippen LogP contribution in [-0.4, -0.2) is 20.4 Å². The number of nitrogens with one attached hydrogen (secondary N) is 1.